The fourth-order valence-corrected chi connectivity index (χ4v) is 3.08. The largest absolute Gasteiger partial charge is 0.465 e. The maximum absolute atomic E-state index is 11.7. The molecule has 0 aliphatic carbocycles. The van der Waals surface area contributed by atoms with Crippen molar-refractivity contribution >= 4 is 34.2 Å². The van der Waals surface area contributed by atoms with Crippen molar-refractivity contribution in [2.24, 2.45) is 0 Å². The molecule has 0 radical (unpaired) electrons. The molecule has 0 spiro atoms. The number of hydrogen-bond acceptors (Lipinski definition) is 7. The molecule has 5 nitrogen and oxygen atoms in total. The first-order valence-electron chi connectivity index (χ1n) is 6.08. The zero-order chi connectivity index (χ0) is 13.4. The third kappa shape index (κ3) is 5.22. The topological polar surface area (TPSA) is 64.1 Å². The van der Waals surface area contributed by atoms with Crippen molar-refractivity contribution in [2.75, 3.05) is 18.5 Å². The summed E-state index contributed by atoms with van der Waals surface area (Å²) in [6, 6.07) is 0. The highest BCUT2D eigenvalue weighted by molar-refractivity contribution is 8.02. The molecule has 0 aliphatic rings. The molecular formula is C11H19N3O2S2. The molecule has 1 aromatic rings. The molecule has 1 N–H and O–H groups in total. The maximum Gasteiger partial charge on any atom is 0.319 e. The molecule has 1 unspecified atom stereocenters. The number of ether oxygens (including phenoxy) is 1. The van der Waals surface area contributed by atoms with Gasteiger partial charge in [0, 0.05) is 6.54 Å². The molecule has 1 rings (SSSR count). The minimum Gasteiger partial charge on any atom is -0.465 e. The standard InChI is InChI=1S/C11H19N3O2S2/c1-4-6-7-16-9(15)8(3)17-11-14-13-10(18-11)12-5-2/h8H,4-7H2,1-3H3,(H,12,13). The first-order valence-corrected chi connectivity index (χ1v) is 7.77. The minimum atomic E-state index is -0.246. The summed E-state index contributed by atoms with van der Waals surface area (Å²) >= 11 is 2.84. The van der Waals surface area contributed by atoms with E-state index in [-0.39, 0.29) is 11.2 Å². The second kappa shape index (κ2) is 8.31. The molecule has 0 saturated carbocycles. The van der Waals surface area contributed by atoms with Crippen LogP contribution in [0, 0.1) is 0 Å². The van der Waals surface area contributed by atoms with E-state index in [1.807, 2.05) is 13.8 Å². The zero-order valence-corrected chi connectivity index (χ0v) is 12.6. The van der Waals surface area contributed by atoms with Crippen LogP contribution in [0.2, 0.25) is 0 Å². The van der Waals surface area contributed by atoms with Gasteiger partial charge in [0.05, 0.1) is 6.61 Å². The summed E-state index contributed by atoms with van der Waals surface area (Å²) in [4.78, 5) is 11.7. The van der Waals surface area contributed by atoms with Crippen LogP contribution in [0.4, 0.5) is 5.13 Å². The van der Waals surface area contributed by atoms with E-state index >= 15 is 0 Å². The summed E-state index contributed by atoms with van der Waals surface area (Å²) < 4.78 is 5.94. The normalized spacial score (nSPS) is 12.2. The third-order valence-electron chi connectivity index (χ3n) is 2.09. The first kappa shape index (κ1) is 15.2. The molecule has 1 heterocycles. The second-order valence-corrected chi connectivity index (χ2v) is 6.25. The van der Waals surface area contributed by atoms with Crippen molar-refractivity contribution in [1.82, 2.24) is 10.2 Å². The number of carbonyl (C=O) groups excluding carboxylic acids is 1. The van der Waals surface area contributed by atoms with Crippen LogP contribution >= 0.6 is 23.1 Å². The van der Waals surface area contributed by atoms with Crippen LogP contribution in [0.3, 0.4) is 0 Å². The number of thioether (sulfide) groups is 1. The maximum atomic E-state index is 11.7. The van der Waals surface area contributed by atoms with Crippen LogP contribution in [-0.4, -0.2) is 34.6 Å². The molecule has 0 aromatic carbocycles. The monoisotopic (exact) mass is 289 g/mol. The van der Waals surface area contributed by atoms with Gasteiger partial charge in [0.15, 0.2) is 4.34 Å². The fraction of sp³-hybridized carbons (Fsp3) is 0.727. The zero-order valence-electron chi connectivity index (χ0n) is 10.9. The van der Waals surface area contributed by atoms with E-state index in [4.69, 9.17) is 4.74 Å². The average Bonchev–Trinajstić information content (AvgIpc) is 2.77. The summed E-state index contributed by atoms with van der Waals surface area (Å²) in [6.45, 7) is 7.21. The molecule has 7 heteroatoms. The number of rotatable bonds is 8. The van der Waals surface area contributed by atoms with E-state index in [0.717, 1.165) is 28.9 Å². The van der Waals surface area contributed by atoms with E-state index in [0.29, 0.717) is 6.61 Å². The Hall–Kier alpha value is -0.820. The molecule has 0 saturated heterocycles. The van der Waals surface area contributed by atoms with Crippen LogP contribution in [0.15, 0.2) is 4.34 Å². The Morgan fingerprint density at radius 2 is 2.28 bits per heavy atom. The van der Waals surface area contributed by atoms with Gasteiger partial charge in [-0.15, -0.1) is 10.2 Å². The van der Waals surface area contributed by atoms with Crippen LogP contribution in [-0.2, 0) is 9.53 Å². The summed E-state index contributed by atoms with van der Waals surface area (Å²) in [5.74, 6) is -0.186. The molecule has 18 heavy (non-hydrogen) atoms. The van der Waals surface area contributed by atoms with Gasteiger partial charge in [0.25, 0.3) is 0 Å². The van der Waals surface area contributed by atoms with Crippen molar-refractivity contribution in [3.05, 3.63) is 0 Å². The van der Waals surface area contributed by atoms with Gasteiger partial charge in [-0.05, 0) is 20.3 Å². The first-order chi connectivity index (χ1) is 8.67. The molecule has 0 bridgehead atoms. The minimum absolute atomic E-state index is 0.186. The van der Waals surface area contributed by atoms with Gasteiger partial charge in [-0.1, -0.05) is 36.4 Å². The highest BCUT2D eigenvalue weighted by Gasteiger charge is 2.18. The van der Waals surface area contributed by atoms with Gasteiger partial charge in [-0.2, -0.15) is 0 Å². The predicted molar refractivity (Wildman–Crippen MR) is 75.3 cm³/mol. The van der Waals surface area contributed by atoms with E-state index < -0.39 is 0 Å². The summed E-state index contributed by atoms with van der Waals surface area (Å²) in [5.41, 5.74) is 0. The highest BCUT2D eigenvalue weighted by atomic mass is 32.2. The van der Waals surface area contributed by atoms with Gasteiger partial charge in [-0.25, -0.2) is 0 Å². The smallest absolute Gasteiger partial charge is 0.319 e. The lowest BCUT2D eigenvalue weighted by molar-refractivity contribution is -0.142. The lowest BCUT2D eigenvalue weighted by Crippen LogP contribution is -2.17. The number of hydrogen-bond donors (Lipinski definition) is 1. The number of nitrogens with one attached hydrogen (secondary N) is 1. The Kier molecular flexibility index (Phi) is 7.04. The average molecular weight is 289 g/mol. The Balaban J connectivity index is 2.37. The van der Waals surface area contributed by atoms with E-state index in [2.05, 4.69) is 22.4 Å². The summed E-state index contributed by atoms with van der Waals surface area (Å²) in [6.07, 6.45) is 1.93. The van der Waals surface area contributed by atoms with E-state index in [9.17, 15) is 4.79 Å². The number of carbonyl (C=O) groups is 1. The van der Waals surface area contributed by atoms with Crippen molar-refractivity contribution in [3.63, 3.8) is 0 Å². The Morgan fingerprint density at radius 3 is 2.94 bits per heavy atom. The van der Waals surface area contributed by atoms with Gasteiger partial charge in [-0.3, -0.25) is 4.79 Å². The van der Waals surface area contributed by atoms with Crippen LogP contribution in [0.1, 0.15) is 33.6 Å². The van der Waals surface area contributed by atoms with Crippen molar-refractivity contribution in [1.29, 1.82) is 0 Å². The fourth-order valence-electron chi connectivity index (χ4n) is 1.11. The van der Waals surface area contributed by atoms with Crippen LogP contribution < -0.4 is 5.32 Å². The molecular weight excluding hydrogens is 270 g/mol. The van der Waals surface area contributed by atoms with Gasteiger partial charge in [0.2, 0.25) is 5.13 Å². The van der Waals surface area contributed by atoms with E-state index in [1.165, 1.54) is 23.1 Å². The Morgan fingerprint density at radius 1 is 1.50 bits per heavy atom. The Bertz CT molecular complexity index is 371. The van der Waals surface area contributed by atoms with Gasteiger partial charge in [0.1, 0.15) is 5.25 Å². The van der Waals surface area contributed by atoms with Gasteiger partial charge < -0.3 is 10.1 Å². The van der Waals surface area contributed by atoms with E-state index in [1.54, 1.807) is 0 Å². The SMILES string of the molecule is CCCCOC(=O)C(C)Sc1nnc(NCC)s1. The number of nitrogens with zero attached hydrogens (tertiary/aromatic N) is 2. The number of anilines is 1. The van der Waals surface area contributed by atoms with Gasteiger partial charge >= 0.3 is 5.97 Å². The third-order valence-corrected chi connectivity index (χ3v) is 4.13. The van der Waals surface area contributed by atoms with Crippen LogP contribution in [0.5, 0.6) is 0 Å². The lowest BCUT2D eigenvalue weighted by atomic mass is 10.4. The predicted octanol–water partition coefficient (Wildman–Crippen LogP) is 2.79. The number of unbranched alkanes of at least 4 members (excludes halogenated alkanes) is 1. The lowest BCUT2D eigenvalue weighted by Gasteiger charge is -2.08. The summed E-state index contributed by atoms with van der Waals surface area (Å²) in [7, 11) is 0. The molecule has 1 aromatic heterocycles. The van der Waals surface area contributed by atoms with Crippen molar-refractivity contribution in [2.45, 2.75) is 43.2 Å². The molecule has 1 atom stereocenters. The molecule has 102 valence electrons. The van der Waals surface area contributed by atoms with Crippen molar-refractivity contribution in [3.8, 4) is 0 Å². The molecule has 0 amide bonds. The molecule has 0 aliphatic heterocycles. The Labute approximate surface area is 116 Å². The quantitative estimate of drug-likeness (QED) is 0.451. The molecule has 0 fully saturated rings. The highest BCUT2D eigenvalue weighted by Crippen LogP contribution is 2.29. The number of esters is 1. The van der Waals surface area contributed by atoms with Crippen molar-refractivity contribution < 1.29 is 9.53 Å². The summed E-state index contributed by atoms with van der Waals surface area (Å²) in [5, 5.41) is 11.6. The number of aromatic nitrogens is 2. The second-order valence-electron chi connectivity index (χ2n) is 3.68. The van der Waals surface area contributed by atoms with Crippen LogP contribution in [0.25, 0.3) is 0 Å².